The van der Waals surface area contributed by atoms with Gasteiger partial charge in [0.2, 0.25) is 0 Å². The van der Waals surface area contributed by atoms with E-state index in [0.717, 1.165) is 16.5 Å². The highest BCUT2D eigenvalue weighted by molar-refractivity contribution is 6.36. The van der Waals surface area contributed by atoms with Gasteiger partial charge in [0.25, 0.3) is 5.91 Å². The van der Waals surface area contributed by atoms with Gasteiger partial charge >= 0.3 is 0 Å². The monoisotopic (exact) mass is 318 g/mol. The van der Waals surface area contributed by atoms with E-state index in [2.05, 4.69) is 0 Å². The fraction of sp³-hybridized carbons (Fsp3) is 0.0625. The van der Waals surface area contributed by atoms with E-state index in [0.29, 0.717) is 22.2 Å². The lowest BCUT2D eigenvalue weighted by molar-refractivity contribution is 0.100. The molecule has 1 aromatic heterocycles. The maximum absolute atomic E-state index is 11.6. The van der Waals surface area contributed by atoms with Gasteiger partial charge in [-0.2, -0.15) is 0 Å². The van der Waals surface area contributed by atoms with Crippen LogP contribution in [0.15, 0.2) is 48.7 Å². The highest BCUT2D eigenvalue weighted by Gasteiger charge is 2.14. The quantitative estimate of drug-likeness (QED) is 0.776. The minimum atomic E-state index is -0.449. The summed E-state index contributed by atoms with van der Waals surface area (Å²) in [5.74, 6) is -0.449. The first-order valence-electron chi connectivity index (χ1n) is 6.38. The van der Waals surface area contributed by atoms with E-state index in [9.17, 15) is 4.79 Å². The van der Waals surface area contributed by atoms with Gasteiger partial charge < -0.3 is 10.3 Å². The normalized spacial score (nSPS) is 11.0. The van der Waals surface area contributed by atoms with E-state index in [-0.39, 0.29) is 0 Å². The summed E-state index contributed by atoms with van der Waals surface area (Å²) in [4.78, 5) is 11.6. The predicted octanol–water partition coefficient (Wildman–Crippen LogP) is 4.10. The molecular formula is C16H12Cl2N2O. The second kappa shape index (κ2) is 5.43. The number of nitrogens with two attached hydrogens (primary N) is 1. The van der Waals surface area contributed by atoms with Crippen LogP contribution in [-0.4, -0.2) is 10.5 Å². The van der Waals surface area contributed by atoms with Crippen LogP contribution in [0.4, 0.5) is 0 Å². The second-order valence-corrected chi connectivity index (χ2v) is 5.57. The zero-order chi connectivity index (χ0) is 15.0. The van der Waals surface area contributed by atoms with E-state index in [1.54, 1.807) is 24.4 Å². The Balaban J connectivity index is 2.15. The van der Waals surface area contributed by atoms with Gasteiger partial charge in [0, 0.05) is 32.7 Å². The third-order valence-electron chi connectivity index (χ3n) is 3.44. The number of amides is 1. The first kappa shape index (κ1) is 14.0. The Labute approximate surface area is 131 Å². The van der Waals surface area contributed by atoms with Crippen LogP contribution in [0.5, 0.6) is 0 Å². The van der Waals surface area contributed by atoms with Crippen molar-refractivity contribution in [2.45, 2.75) is 6.54 Å². The summed E-state index contributed by atoms with van der Waals surface area (Å²) < 4.78 is 1.93. The molecular weight excluding hydrogens is 307 g/mol. The largest absolute Gasteiger partial charge is 0.366 e. The molecule has 0 bridgehead atoms. The van der Waals surface area contributed by atoms with Crippen molar-refractivity contribution in [1.82, 2.24) is 4.57 Å². The van der Waals surface area contributed by atoms with Gasteiger partial charge in [-0.05, 0) is 18.2 Å². The van der Waals surface area contributed by atoms with E-state index in [4.69, 9.17) is 28.9 Å². The van der Waals surface area contributed by atoms with Crippen LogP contribution in [0.25, 0.3) is 10.9 Å². The van der Waals surface area contributed by atoms with Crippen molar-refractivity contribution < 1.29 is 4.79 Å². The average molecular weight is 319 g/mol. The molecule has 3 rings (SSSR count). The maximum atomic E-state index is 11.6. The van der Waals surface area contributed by atoms with Gasteiger partial charge in [0.05, 0.1) is 12.1 Å². The summed E-state index contributed by atoms with van der Waals surface area (Å²) in [5.41, 5.74) is 7.67. The third-order valence-corrected chi connectivity index (χ3v) is 4.15. The van der Waals surface area contributed by atoms with Gasteiger partial charge in [0.15, 0.2) is 0 Å². The van der Waals surface area contributed by atoms with Crippen LogP contribution in [0, 0.1) is 0 Å². The second-order valence-electron chi connectivity index (χ2n) is 4.75. The molecule has 0 aliphatic rings. The topological polar surface area (TPSA) is 48.0 Å². The van der Waals surface area contributed by atoms with Crippen LogP contribution in [0.3, 0.4) is 0 Å². The van der Waals surface area contributed by atoms with Crippen molar-refractivity contribution in [2.24, 2.45) is 5.73 Å². The summed E-state index contributed by atoms with van der Waals surface area (Å²) in [6.07, 6.45) is 1.74. The smallest absolute Gasteiger partial charge is 0.250 e. The molecule has 0 radical (unpaired) electrons. The molecule has 0 spiro atoms. The molecule has 106 valence electrons. The van der Waals surface area contributed by atoms with Gasteiger partial charge in [0.1, 0.15) is 0 Å². The lowest BCUT2D eigenvalue weighted by atomic mass is 10.2. The van der Waals surface area contributed by atoms with Gasteiger partial charge in [-0.15, -0.1) is 0 Å². The van der Waals surface area contributed by atoms with Crippen LogP contribution in [0.2, 0.25) is 10.0 Å². The predicted molar refractivity (Wildman–Crippen MR) is 86.0 cm³/mol. The Kier molecular flexibility index (Phi) is 3.62. The minimum Gasteiger partial charge on any atom is -0.366 e. The molecule has 5 heteroatoms. The van der Waals surface area contributed by atoms with Gasteiger partial charge in [-0.3, -0.25) is 4.79 Å². The van der Waals surface area contributed by atoms with Crippen molar-refractivity contribution >= 4 is 40.0 Å². The Morgan fingerprint density at radius 3 is 2.38 bits per heavy atom. The number of halogens is 2. The summed E-state index contributed by atoms with van der Waals surface area (Å²) in [7, 11) is 0. The molecule has 0 saturated heterocycles. The number of primary amides is 1. The van der Waals surface area contributed by atoms with Crippen LogP contribution in [-0.2, 0) is 6.54 Å². The van der Waals surface area contributed by atoms with Crippen molar-refractivity contribution in [3.05, 3.63) is 69.8 Å². The van der Waals surface area contributed by atoms with Crippen molar-refractivity contribution in [2.75, 3.05) is 0 Å². The molecule has 0 fully saturated rings. The molecule has 2 aromatic carbocycles. The number of para-hydroxylation sites is 1. The highest BCUT2D eigenvalue weighted by Crippen LogP contribution is 2.28. The fourth-order valence-corrected chi connectivity index (χ4v) is 2.94. The van der Waals surface area contributed by atoms with E-state index in [1.807, 2.05) is 28.8 Å². The summed E-state index contributed by atoms with van der Waals surface area (Å²) in [5, 5.41) is 2.02. The van der Waals surface area contributed by atoms with E-state index >= 15 is 0 Å². The number of nitrogens with zero attached hydrogens (tertiary/aromatic N) is 1. The Bertz CT molecular complexity index is 819. The molecule has 1 heterocycles. The summed E-state index contributed by atoms with van der Waals surface area (Å²) >= 11 is 12.4. The van der Waals surface area contributed by atoms with E-state index < -0.39 is 5.91 Å². The van der Waals surface area contributed by atoms with Crippen LogP contribution < -0.4 is 5.73 Å². The number of carbonyl (C=O) groups excluding carboxylic acids is 1. The molecule has 3 aromatic rings. The SMILES string of the molecule is NC(=O)c1cn(Cc2c(Cl)cccc2Cl)c2ccccc12. The molecule has 0 atom stereocenters. The Morgan fingerprint density at radius 2 is 1.71 bits per heavy atom. The van der Waals surface area contributed by atoms with Crippen molar-refractivity contribution in [3.63, 3.8) is 0 Å². The third kappa shape index (κ3) is 2.50. The number of hydrogen-bond donors (Lipinski definition) is 1. The number of benzene rings is 2. The average Bonchev–Trinajstić information content (AvgIpc) is 2.82. The van der Waals surface area contributed by atoms with Crippen molar-refractivity contribution in [1.29, 1.82) is 0 Å². The molecule has 0 aliphatic carbocycles. The minimum absolute atomic E-state index is 0.449. The van der Waals surface area contributed by atoms with Crippen molar-refractivity contribution in [3.8, 4) is 0 Å². The summed E-state index contributed by atoms with van der Waals surface area (Å²) in [6, 6.07) is 13.0. The number of aromatic nitrogens is 1. The number of carbonyl (C=O) groups is 1. The Morgan fingerprint density at radius 1 is 1.05 bits per heavy atom. The van der Waals surface area contributed by atoms with Gasteiger partial charge in [-0.25, -0.2) is 0 Å². The molecule has 3 nitrogen and oxygen atoms in total. The summed E-state index contributed by atoms with van der Waals surface area (Å²) in [6.45, 7) is 0.478. The molecule has 0 unspecified atom stereocenters. The van der Waals surface area contributed by atoms with Crippen LogP contribution >= 0.6 is 23.2 Å². The maximum Gasteiger partial charge on any atom is 0.250 e. The lowest BCUT2D eigenvalue weighted by Crippen LogP contribution is -2.10. The molecule has 0 aliphatic heterocycles. The fourth-order valence-electron chi connectivity index (χ4n) is 2.43. The zero-order valence-corrected chi connectivity index (χ0v) is 12.5. The standard InChI is InChI=1S/C16H12Cl2N2O/c17-13-5-3-6-14(18)12(13)9-20-8-11(16(19)21)10-4-1-2-7-15(10)20/h1-8H,9H2,(H2,19,21). The van der Waals surface area contributed by atoms with Gasteiger partial charge in [-0.1, -0.05) is 47.5 Å². The zero-order valence-electron chi connectivity index (χ0n) is 11.0. The lowest BCUT2D eigenvalue weighted by Gasteiger charge is -2.09. The first-order valence-corrected chi connectivity index (χ1v) is 7.14. The Hall–Kier alpha value is -1.97. The molecule has 1 amide bonds. The van der Waals surface area contributed by atoms with E-state index in [1.165, 1.54) is 0 Å². The van der Waals surface area contributed by atoms with Crippen LogP contribution in [0.1, 0.15) is 15.9 Å². The molecule has 0 saturated carbocycles. The molecule has 2 N–H and O–H groups in total. The highest BCUT2D eigenvalue weighted by atomic mass is 35.5. The first-order chi connectivity index (χ1) is 10.1. The molecule has 21 heavy (non-hydrogen) atoms. The number of hydrogen-bond acceptors (Lipinski definition) is 1. The number of fused-ring (bicyclic) bond motifs is 1. The number of rotatable bonds is 3.